The third kappa shape index (κ3) is 1.97. The Morgan fingerprint density at radius 1 is 1.15 bits per heavy atom. The second kappa shape index (κ2) is 4.21. The first-order chi connectivity index (χ1) is 6.27. The van der Waals surface area contributed by atoms with Crippen molar-refractivity contribution in [3.05, 3.63) is 17.0 Å². The van der Waals surface area contributed by atoms with Crippen molar-refractivity contribution in [1.82, 2.24) is 9.97 Å². The number of hydrogen-bond acceptors (Lipinski definition) is 3. The van der Waals surface area contributed by atoms with Gasteiger partial charge in [0.1, 0.15) is 0 Å². The molecule has 0 saturated carbocycles. The molecule has 0 unspecified atom stereocenters. The summed E-state index contributed by atoms with van der Waals surface area (Å²) in [4.78, 5) is 8.29. The van der Waals surface area contributed by atoms with E-state index in [1.54, 1.807) is 0 Å². The molecule has 0 spiro atoms. The fourth-order valence-electron chi connectivity index (χ4n) is 1.64. The summed E-state index contributed by atoms with van der Waals surface area (Å²) in [6, 6.07) is 0. The van der Waals surface area contributed by atoms with Crippen molar-refractivity contribution in [1.29, 1.82) is 0 Å². The van der Waals surface area contributed by atoms with Crippen LogP contribution < -0.4 is 5.73 Å². The average molecular weight is 179 g/mol. The van der Waals surface area contributed by atoms with E-state index in [9.17, 15) is 0 Å². The van der Waals surface area contributed by atoms with E-state index in [0.717, 1.165) is 24.2 Å². The molecule has 0 amide bonds. The Labute approximate surface area is 79.4 Å². The zero-order chi connectivity index (χ0) is 9.84. The first-order valence-electron chi connectivity index (χ1n) is 4.89. The summed E-state index contributed by atoms with van der Waals surface area (Å²) in [5.74, 6) is 0.420. The van der Waals surface area contributed by atoms with Crippen LogP contribution in [-0.4, -0.2) is 9.97 Å². The lowest BCUT2D eigenvalue weighted by Crippen LogP contribution is -2.02. The van der Waals surface area contributed by atoms with Gasteiger partial charge in [0.05, 0.1) is 0 Å². The van der Waals surface area contributed by atoms with E-state index < -0.39 is 0 Å². The summed E-state index contributed by atoms with van der Waals surface area (Å²) in [5.41, 5.74) is 9.05. The molecule has 3 heteroatoms. The Morgan fingerprint density at radius 3 is 2.54 bits per heavy atom. The molecule has 0 saturated heterocycles. The fraction of sp³-hybridized carbons (Fsp3) is 0.600. The van der Waals surface area contributed by atoms with E-state index in [2.05, 4.69) is 9.97 Å². The number of nitrogen functional groups attached to an aromatic ring is 1. The molecule has 2 N–H and O–H groups in total. The molecule has 0 fully saturated rings. The van der Waals surface area contributed by atoms with E-state index in [1.807, 2.05) is 20.8 Å². The monoisotopic (exact) mass is 179 g/mol. The van der Waals surface area contributed by atoms with Gasteiger partial charge in [0.15, 0.2) is 0 Å². The first-order valence-corrected chi connectivity index (χ1v) is 4.89. The summed E-state index contributed by atoms with van der Waals surface area (Å²) < 4.78 is 0. The average Bonchev–Trinajstić information content (AvgIpc) is 2.55. The van der Waals surface area contributed by atoms with Crippen molar-refractivity contribution >= 4 is 5.95 Å². The zero-order valence-electron chi connectivity index (χ0n) is 8.59. The van der Waals surface area contributed by atoms with E-state index in [1.165, 1.54) is 12.0 Å². The number of fused-ring (bicyclic) bond motifs is 1. The number of rotatable bonds is 0. The van der Waals surface area contributed by atoms with Crippen molar-refractivity contribution in [2.24, 2.45) is 0 Å². The fourth-order valence-corrected chi connectivity index (χ4v) is 1.64. The molecule has 0 atom stereocenters. The van der Waals surface area contributed by atoms with Crippen molar-refractivity contribution in [3.8, 4) is 0 Å². The predicted molar refractivity (Wildman–Crippen MR) is 54.6 cm³/mol. The van der Waals surface area contributed by atoms with Gasteiger partial charge in [-0.15, -0.1) is 0 Å². The van der Waals surface area contributed by atoms with Crippen LogP contribution in [-0.2, 0) is 12.8 Å². The van der Waals surface area contributed by atoms with Gasteiger partial charge in [-0.05, 0) is 31.7 Å². The number of nitrogens with zero attached hydrogens (tertiary/aromatic N) is 2. The summed E-state index contributed by atoms with van der Waals surface area (Å²) in [6.45, 7) is 6.00. The van der Waals surface area contributed by atoms with E-state index >= 15 is 0 Å². The minimum Gasteiger partial charge on any atom is -0.368 e. The number of hydrogen-bond donors (Lipinski definition) is 1. The topological polar surface area (TPSA) is 51.8 Å². The van der Waals surface area contributed by atoms with E-state index in [4.69, 9.17) is 5.73 Å². The quantitative estimate of drug-likeness (QED) is 0.661. The number of aryl methyl sites for hydroxylation is 2. The molecule has 0 radical (unpaired) electrons. The highest BCUT2D eigenvalue weighted by molar-refractivity contribution is 5.33. The van der Waals surface area contributed by atoms with Crippen molar-refractivity contribution < 1.29 is 0 Å². The lowest BCUT2D eigenvalue weighted by Gasteiger charge is -2.02. The minimum absolute atomic E-state index is 0.420. The molecule has 1 aliphatic carbocycles. The normalized spacial score (nSPS) is 13.2. The summed E-state index contributed by atoms with van der Waals surface area (Å²) in [5, 5.41) is 0. The van der Waals surface area contributed by atoms with Crippen LogP contribution >= 0.6 is 0 Å². The summed E-state index contributed by atoms with van der Waals surface area (Å²) >= 11 is 0. The largest absolute Gasteiger partial charge is 0.368 e. The van der Waals surface area contributed by atoms with Gasteiger partial charge in [-0.1, -0.05) is 13.8 Å². The Kier molecular flexibility index (Phi) is 3.23. The zero-order valence-corrected chi connectivity index (χ0v) is 8.59. The van der Waals surface area contributed by atoms with Gasteiger partial charge in [-0.3, -0.25) is 0 Å². The molecule has 0 aliphatic heterocycles. The number of aromatic nitrogens is 2. The van der Waals surface area contributed by atoms with Crippen LogP contribution in [0.4, 0.5) is 5.95 Å². The van der Waals surface area contributed by atoms with Crippen LogP contribution in [0.3, 0.4) is 0 Å². The van der Waals surface area contributed by atoms with Gasteiger partial charge in [-0.25, -0.2) is 9.97 Å². The lowest BCUT2D eigenvalue weighted by molar-refractivity contribution is 0.899. The molecular weight excluding hydrogens is 162 g/mol. The molecule has 0 bridgehead atoms. The molecule has 1 heterocycles. The molecule has 1 aliphatic rings. The molecule has 1 aromatic rings. The first kappa shape index (κ1) is 9.96. The second-order valence-electron chi connectivity index (χ2n) is 2.95. The second-order valence-corrected chi connectivity index (χ2v) is 2.95. The molecule has 0 aromatic carbocycles. The van der Waals surface area contributed by atoms with Gasteiger partial charge >= 0.3 is 0 Å². The van der Waals surface area contributed by atoms with Crippen molar-refractivity contribution in [2.75, 3.05) is 5.73 Å². The SMILES string of the molecule is CC.Cc1nc(N)nc2c1CCC2. The molecule has 2 rings (SSSR count). The number of anilines is 1. The van der Waals surface area contributed by atoms with Gasteiger partial charge in [0.25, 0.3) is 0 Å². The Hall–Kier alpha value is -1.12. The molecule has 13 heavy (non-hydrogen) atoms. The van der Waals surface area contributed by atoms with Crippen LogP contribution in [0.15, 0.2) is 0 Å². The number of nitrogens with two attached hydrogens (primary N) is 1. The van der Waals surface area contributed by atoms with Gasteiger partial charge in [0.2, 0.25) is 5.95 Å². The van der Waals surface area contributed by atoms with E-state index in [0.29, 0.717) is 5.95 Å². The lowest BCUT2D eigenvalue weighted by atomic mass is 10.2. The van der Waals surface area contributed by atoms with Gasteiger partial charge in [0, 0.05) is 11.4 Å². The van der Waals surface area contributed by atoms with Crippen LogP contribution in [0.25, 0.3) is 0 Å². The molecule has 72 valence electrons. The minimum atomic E-state index is 0.420. The highest BCUT2D eigenvalue weighted by Gasteiger charge is 2.15. The Bertz CT molecular complexity index is 294. The van der Waals surface area contributed by atoms with Crippen LogP contribution in [0.2, 0.25) is 0 Å². The Morgan fingerprint density at radius 2 is 1.85 bits per heavy atom. The Balaban J connectivity index is 0.000000396. The van der Waals surface area contributed by atoms with Crippen LogP contribution in [0.1, 0.15) is 37.2 Å². The van der Waals surface area contributed by atoms with Crippen LogP contribution in [0, 0.1) is 6.92 Å². The maximum atomic E-state index is 5.51. The maximum absolute atomic E-state index is 5.51. The highest BCUT2D eigenvalue weighted by Crippen LogP contribution is 2.22. The molecule has 1 aromatic heterocycles. The summed E-state index contributed by atoms with van der Waals surface area (Å²) in [7, 11) is 0. The van der Waals surface area contributed by atoms with Crippen LogP contribution in [0.5, 0.6) is 0 Å². The smallest absolute Gasteiger partial charge is 0.220 e. The van der Waals surface area contributed by atoms with Crippen molar-refractivity contribution in [2.45, 2.75) is 40.0 Å². The van der Waals surface area contributed by atoms with Gasteiger partial charge < -0.3 is 5.73 Å². The van der Waals surface area contributed by atoms with Crippen molar-refractivity contribution in [3.63, 3.8) is 0 Å². The third-order valence-corrected chi connectivity index (χ3v) is 2.16. The highest BCUT2D eigenvalue weighted by atomic mass is 15.0. The summed E-state index contributed by atoms with van der Waals surface area (Å²) in [6.07, 6.45) is 3.40. The van der Waals surface area contributed by atoms with E-state index in [-0.39, 0.29) is 0 Å². The molecular formula is C10H17N3. The maximum Gasteiger partial charge on any atom is 0.220 e. The standard InChI is InChI=1S/C8H11N3.C2H6/c1-5-6-3-2-4-7(6)11-8(9)10-5;1-2/h2-4H2,1H3,(H2,9,10,11);1-2H3. The third-order valence-electron chi connectivity index (χ3n) is 2.16. The predicted octanol–water partition coefficient (Wildman–Crippen LogP) is 1.88. The van der Waals surface area contributed by atoms with Gasteiger partial charge in [-0.2, -0.15) is 0 Å². The molecule has 3 nitrogen and oxygen atoms in total.